The van der Waals surface area contributed by atoms with E-state index in [0.29, 0.717) is 19.3 Å². The molecule has 0 aliphatic rings. The quantitative estimate of drug-likeness (QED) is 0.0197. The van der Waals surface area contributed by atoms with Gasteiger partial charge in [0.05, 0.1) is 19.8 Å². The molecule has 72 heavy (non-hydrogen) atoms. The zero-order chi connectivity index (χ0) is 52.7. The zero-order valence-electron chi connectivity index (χ0n) is 45.9. The lowest BCUT2D eigenvalue weighted by molar-refractivity contribution is -0.161. The molecule has 0 heterocycles. The summed E-state index contributed by atoms with van der Waals surface area (Å²) in [4.78, 5) is 48.5. The highest BCUT2D eigenvalue weighted by Gasteiger charge is 2.28. The molecule has 0 aromatic carbocycles. The van der Waals surface area contributed by atoms with E-state index >= 15 is 0 Å². The highest BCUT2D eigenvalue weighted by Crippen LogP contribution is 2.43. The van der Waals surface area contributed by atoms with Gasteiger partial charge in [-0.2, -0.15) is 0 Å². The minimum absolute atomic E-state index is 0.149. The molecule has 0 saturated heterocycles. The number of esters is 3. The number of unbranched alkanes of at least 4 members (excludes halogenated alkanes) is 24. The number of hydrogen-bond acceptors (Lipinski definition) is 10. The van der Waals surface area contributed by atoms with Gasteiger partial charge >= 0.3 is 25.7 Å². The van der Waals surface area contributed by atoms with Crippen LogP contribution in [0.5, 0.6) is 0 Å². The van der Waals surface area contributed by atoms with Crippen molar-refractivity contribution < 1.29 is 52.2 Å². The maximum Gasteiger partial charge on any atom is 0.472 e. The number of aliphatic hydroxyl groups excluding tert-OH is 1. The first-order chi connectivity index (χ1) is 35.2. The van der Waals surface area contributed by atoms with Gasteiger partial charge in [-0.1, -0.05) is 222 Å². The van der Waals surface area contributed by atoms with E-state index in [0.717, 1.165) is 116 Å². The first-order valence-electron chi connectivity index (χ1n) is 28.8. The number of rotatable bonds is 53. The lowest BCUT2D eigenvalue weighted by Crippen LogP contribution is -2.30. The molecule has 11 nitrogen and oxygen atoms in total. The summed E-state index contributed by atoms with van der Waals surface area (Å²) in [5, 5.41) is 9.81. The number of carbonyl (C=O) groups excluding carboxylic acids is 3. The van der Waals surface area contributed by atoms with E-state index in [1.807, 2.05) is 0 Å². The Morgan fingerprint density at radius 1 is 0.403 bits per heavy atom. The first-order valence-corrected chi connectivity index (χ1v) is 30.3. The summed E-state index contributed by atoms with van der Waals surface area (Å²) in [6.45, 7) is 4.39. The molecule has 0 saturated carbocycles. The molecule has 2 N–H and O–H groups in total. The van der Waals surface area contributed by atoms with E-state index in [2.05, 4.69) is 93.7 Å². The van der Waals surface area contributed by atoms with Crippen molar-refractivity contribution in [2.24, 2.45) is 0 Å². The fourth-order valence-electron chi connectivity index (χ4n) is 7.80. The molecular weight excluding hydrogens is 928 g/mol. The SMILES string of the molecule is CC/C=C\C/C=C\C/C=C\CCCCCCCCCC(=O)OC(COC(=O)CCCCC/C=C\C/C=C\C/C=C\CC)COP(=O)(O)OCC(CO)OC(=O)CCCCCCCCCCCCCCCCC. The van der Waals surface area contributed by atoms with Gasteiger partial charge < -0.3 is 24.2 Å². The molecule has 3 atom stereocenters. The molecule has 0 fully saturated rings. The van der Waals surface area contributed by atoms with Gasteiger partial charge in [0.1, 0.15) is 12.7 Å². The smallest absolute Gasteiger partial charge is 0.462 e. The Kier molecular flexibility index (Phi) is 51.9. The van der Waals surface area contributed by atoms with Gasteiger partial charge in [0.15, 0.2) is 6.10 Å². The van der Waals surface area contributed by atoms with Crippen molar-refractivity contribution in [2.45, 2.75) is 264 Å². The summed E-state index contributed by atoms with van der Waals surface area (Å²) in [5.41, 5.74) is 0. The topological polar surface area (TPSA) is 155 Å². The summed E-state index contributed by atoms with van der Waals surface area (Å²) < 4.78 is 39.5. The highest BCUT2D eigenvalue weighted by molar-refractivity contribution is 7.47. The average molecular weight is 1030 g/mol. The largest absolute Gasteiger partial charge is 0.472 e. The van der Waals surface area contributed by atoms with Crippen LogP contribution in [0.15, 0.2) is 72.9 Å². The summed E-state index contributed by atoms with van der Waals surface area (Å²) >= 11 is 0. The van der Waals surface area contributed by atoms with E-state index in [4.69, 9.17) is 23.3 Å². The normalized spacial score (nSPS) is 13.9. The standard InChI is InChI=1S/C60H105O11P/c1-4-7-10-13-16-19-22-25-27-28-30-33-36-39-42-45-48-51-60(64)71-57(53-67-58(62)49-46-43-40-37-34-31-24-21-18-15-12-9-6-3)55-69-72(65,66)68-54-56(52-61)70-59(63)50-47-44-41-38-35-32-29-26-23-20-17-14-11-8-5-2/h7,9-10,12,16,18-19,21,25,27,31,34,56-57,61H,4-6,8,11,13-15,17,20,22-24,26,28-30,32-33,35-55H2,1-3H3,(H,65,66)/b10-7-,12-9-,19-16-,21-18-,27-25-,34-31-. The molecule has 12 heteroatoms. The van der Waals surface area contributed by atoms with Crippen LogP contribution < -0.4 is 0 Å². The van der Waals surface area contributed by atoms with Crippen molar-refractivity contribution >= 4 is 25.7 Å². The number of phosphoric ester groups is 1. The van der Waals surface area contributed by atoms with E-state index in [9.17, 15) is 28.9 Å². The lowest BCUT2D eigenvalue weighted by Gasteiger charge is -2.21. The fraction of sp³-hybridized carbons (Fsp3) is 0.750. The van der Waals surface area contributed by atoms with Gasteiger partial charge in [-0.15, -0.1) is 0 Å². The van der Waals surface area contributed by atoms with Gasteiger partial charge in [-0.05, 0) is 83.5 Å². The van der Waals surface area contributed by atoms with Crippen molar-refractivity contribution in [2.75, 3.05) is 26.4 Å². The molecule has 0 aromatic rings. The van der Waals surface area contributed by atoms with Gasteiger partial charge in [0.25, 0.3) is 0 Å². The van der Waals surface area contributed by atoms with Gasteiger partial charge in [-0.3, -0.25) is 23.4 Å². The van der Waals surface area contributed by atoms with Crippen LogP contribution in [-0.2, 0) is 42.2 Å². The van der Waals surface area contributed by atoms with Gasteiger partial charge in [0, 0.05) is 19.3 Å². The first kappa shape index (κ1) is 68.9. The third-order valence-corrected chi connectivity index (χ3v) is 13.1. The highest BCUT2D eigenvalue weighted by atomic mass is 31.2. The average Bonchev–Trinajstić information content (AvgIpc) is 3.37. The van der Waals surface area contributed by atoms with Crippen LogP contribution in [-0.4, -0.2) is 66.5 Å². The number of carbonyl (C=O) groups is 3. The van der Waals surface area contributed by atoms with E-state index in [-0.39, 0.29) is 25.9 Å². The lowest BCUT2D eigenvalue weighted by atomic mass is 10.0. The molecule has 0 spiro atoms. The molecule has 0 radical (unpaired) electrons. The van der Waals surface area contributed by atoms with Crippen LogP contribution in [0.3, 0.4) is 0 Å². The van der Waals surface area contributed by atoms with Crippen LogP contribution >= 0.6 is 7.82 Å². The second-order valence-electron chi connectivity index (χ2n) is 19.0. The van der Waals surface area contributed by atoms with Crippen molar-refractivity contribution in [1.82, 2.24) is 0 Å². The summed E-state index contributed by atoms with van der Waals surface area (Å²) in [6, 6.07) is 0. The van der Waals surface area contributed by atoms with Crippen molar-refractivity contribution in [3.63, 3.8) is 0 Å². The minimum Gasteiger partial charge on any atom is -0.462 e. The third kappa shape index (κ3) is 51.8. The molecule has 0 bridgehead atoms. The summed E-state index contributed by atoms with van der Waals surface area (Å²) in [6.07, 6.45) is 60.0. The maximum atomic E-state index is 12.9. The number of phosphoric acid groups is 1. The Balaban J connectivity index is 4.73. The second kappa shape index (κ2) is 54.2. The Hall–Kier alpha value is -3.08. The van der Waals surface area contributed by atoms with Crippen molar-refractivity contribution in [3.8, 4) is 0 Å². The third-order valence-electron chi connectivity index (χ3n) is 12.1. The fourth-order valence-corrected chi connectivity index (χ4v) is 8.58. The molecule has 0 rings (SSSR count). The predicted molar refractivity (Wildman–Crippen MR) is 298 cm³/mol. The molecule has 0 aliphatic heterocycles. The number of hydrogen-bond donors (Lipinski definition) is 2. The van der Waals surface area contributed by atoms with E-state index < -0.39 is 57.8 Å². The van der Waals surface area contributed by atoms with Crippen LogP contribution in [0.1, 0.15) is 252 Å². The number of aliphatic hydroxyl groups is 1. The second-order valence-corrected chi connectivity index (χ2v) is 20.5. The van der Waals surface area contributed by atoms with Crippen LogP contribution in [0.2, 0.25) is 0 Å². The van der Waals surface area contributed by atoms with E-state index in [1.165, 1.54) is 77.0 Å². The minimum atomic E-state index is -4.76. The van der Waals surface area contributed by atoms with E-state index in [1.54, 1.807) is 0 Å². The number of ether oxygens (including phenoxy) is 3. The van der Waals surface area contributed by atoms with Crippen molar-refractivity contribution in [3.05, 3.63) is 72.9 Å². The van der Waals surface area contributed by atoms with Crippen LogP contribution in [0.4, 0.5) is 0 Å². The number of allylic oxidation sites excluding steroid dienone is 12. The molecule has 3 unspecified atom stereocenters. The molecular formula is C60H105O11P. The maximum absolute atomic E-state index is 12.9. The Labute approximate surface area is 439 Å². The molecule has 0 aromatic heterocycles. The van der Waals surface area contributed by atoms with Gasteiger partial charge in [-0.25, -0.2) is 4.57 Å². The molecule has 416 valence electrons. The Bertz CT molecular complexity index is 1490. The molecule has 0 amide bonds. The Morgan fingerprint density at radius 3 is 1.12 bits per heavy atom. The zero-order valence-corrected chi connectivity index (χ0v) is 46.8. The van der Waals surface area contributed by atoms with Crippen molar-refractivity contribution in [1.29, 1.82) is 0 Å². The monoisotopic (exact) mass is 1030 g/mol. The van der Waals surface area contributed by atoms with Crippen LogP contribution in [0, 0.1) is 0 Å². The van der Waals surface area contributed by atoms with Gasteiger partial charge in [0.2, 0.25) is 0 Å². The Morgan fingerprint density at radius 2 is 0.722 bits per heavy atom. The predicted octanol–water partition coefficient (Wildman–Crippen LogP) is 16.9. The summed E-state index contributed by atoms with van der Waals surface area (Å²) in [7, 11) is -4.76. The van der Waals surface area contributed by atoms with Crippen LogP contribution in [0.25, 0.3) is 0 Å². The summed E-state index contributed by atoms with van der Waals surface area (Å²) in [5.74, 6) is -1.51. The molecule has 0 aliphatic carbocycles.